The van der Waals surface area contributed by atoms with E-state index in [2.05, 4.69) is 14.9 Å². The monoisotopic (exact) mass is 250 g/mol. The first-order valence-electron chi connectivity index (χ1n) is 5.94. The number of hydrogen-bond acceptors (Lipinski definition) is 5. The van der Waals surface area contributed by atoms with Crippen LogP contribution in [0.5, 0.6) is 0 Å². The van der Waals surface area contributed by atoms with Crippen LogP contribution in [0.4, 0.5) is 0 Å². The average Bonchev–Trinajstić information content (AvgIpc) is 2.29. The maximum atomic E-state index is 11.4. The molecule has 1 aliphatic rings. The van der Waals surface area contributed by atoms with Crippen LogP contribution in [-0.2, 0) is 16.1 Å². The third-order valence-corrected chi connectivity index (χ3v) is 3.09. The Bertz CT molecular complexity index is 451. The second kappa shape index (κ2) is 4.99. The van der Waals surface area contributed by atoms with Gasteiger partial charge in [-0.15, -0.1) is 0 Å². The number of carbonyl (C=O) groups excluding carboxylic acids is 1. The van der Waals surface area contributed by atoms with Gasteiger partial charge in [-0.05, 0) is 19.9 Å². The van der Waals surface area contributed by atoms with Crippen molar-refractivity contribution in [2.24, 2.45) is 5.73 Å². The van der Waals surface area contributed by atoms with Gasteiger partial charge in [0, 0.05) is 25.8 Å². The van der Waals surface area contributed by atoms with Crippen LogP contribution in [0.1, 0.15) is 18.4 Å². The van der Waals surface area contributed by atoms with Crippen LogP contribution < -0.4 is 5.73 Å². The van der Waals surface area contributed by atoms with Crippen molar-refractivity contribution in [1.29, 1.82) is 0 Å². The van der Waals surface area contributed by atoms with Gasteiger partial charge in [-0.2, -0.15) is 0 Å². The van der Waals surface area contributed by atoms with E-state index in [1.165, 1.54) is 0 Å². The predicted molar refractivity (Wildman–Crippen MR) is 65.6 cm³/mol. The minimum atomic E-state index is -0.902. The minimum absolute atomic E-state index is 0.425. The van der Waals surface area contributed by atoms with Crippen molar-refractivity contribution in [2.75, 3.05) is 19.7 Å². The van der Waals surface area contributed by atoms with E-state index in [0.29, 0.717) is 19.7 Å². The quantitative estimate of drug-likeness (QED) is 0.807. The summed E-state index contributed by atoms with van der Waals surface area (Å²) in [6.45, 7) is 6.03. The second-order valence-corrected chi connectivity index (χ2v) is 4.75. The van der Waals surface area contributed by atoms with E-state index >= 15 is 0 Å². The molecule has 6 heteroatoms. The number of nitrogens with zero attached hydrogens (tertiary/aromatic N) is 3. The van der Waals surface area contributed by atoms with E-state index in [-0.39, 0.29) is 0 Å². The summed E-state index contributed by atoms with van der Waals surface area (Å²) < 4.78 is 5.47. The van der Waals surface area contributed by atoms with Crippen molar-refractivity contribution in [1.82, 2.24) is 14.9 Å². The van der Waals surface area contributed by atoms with Crippen LogP contribution in [0.2, 0.25) is 0 Å². The summed E-state index contributed by atoms with van der Waals surface area (Å²) in [5.74, 6) is 0.324. The average molecular weight is 250 g/mol. The number of primary amides is 1. The van der Waals surface area contributed by atoms with Crippen LogP contribution in [-0.4, -0.2) is 46.1 Å². The molecule has 2 rings (SSSR count). The minimum Gasteiger partial charge on any atom is -0.367 e. The molecule has 0 saturated carbocycles. The molecule has 18 heavy (non-hydrogen) atoms. The van der Waals surface area contributed by atoms with E-state index in [1.54, 1.807) is 13.1 Å². The number of amides is 1. The maximum absolute atomic E-state index is 11.4. The summed E-state index contributed by atoms with van der Waals surface area (Å²) in [5.41, 5.74) is 5.40. The molecule has 1 aromatic rings. The number of hydrogen-bond donors (Lipinski definition) is 1. The summed E-state index contributed by atoms with van der Waals surface area (Å²) in [6.07, 6.45) is 1.74. The Morgan fingerprint density at radius 3 is 3.11 bits per heavy atom. The van der Waals surface area contributed by atoms with E-state index < -0.39 is 11.5 Å². The van der Waals surface area contributed by atoms with E-state index in [4.69, 9.17) is 10.5 Å². The molecule has 1 amide bonds. The Kier molecular flexibility index (Phi) is 3.58. The highest BCUT2D eigenvalue weighted by atomic mass is 16.5. The van der Waals surface area contributed by atoms with E-state index in [1.807, 2.05) is 13.0 Å². The van der Waals surface area contributed by atoms with Crippen LogP contribution in [0.25, 0.3) is 0 Å². The first-order chi connectivity index (χ1) is 8.49. The van der Waals surface area contributed by atoms with Crippen LogP contribution >= 0.6 is 0 Å². The van der Waals surface area contributed by atoms with E-state index in [0.717, 1.165) is 18.1 Å². The van der Waals surface area contributed by atoms with Gasteiger partial charge in [0.2, 0.25) is 0 Å². The molecule has 0 aliphatic carbocycles. The molecule has 1 atom stereocenters. The lowest BCUT2D eigenvalue weighted by Gasteiger charge is -2.38. The zero-order chi connectivity index (χ0) is 13.2. The van der Waals surface area contributed by atoms with Gasteiger partial charge in [-0.3, -0.25) is 9.69 Å². The lowest BCUT2D eigenvalue weighted by molar-refractivity contribution is -0.153. The van der Waals surface area contributed by atoms with Crippen molar-refractivity contribution in [3.8, 4) is 0 Å². The van der Waals surface area contributed by atoms with E-state index in [9.17, 15) is 4.79 Å². The van der Waals surface area contributed by atoms with Gasteiger partial charge < -0.3 is 10.5 Å². The van der Waals surface area contributed by atoms with Crippen LogP contribution in [0.3, 0.4) is 0 Å². The highest BCUT2D eigenvalue weighted by Crippen LogP contribution is 2.18. The van der Waals surface area contributed by atoms with Crippen molar-refractivity contribution in [2.45, 2.75) is 26.0 Å². The Morgan fingerprint density at radius 2 is 2.44 bits per heavy atom. The summed E-state index contributed by atoms with van der Waals surface area (Å²) in [4.78, 5) is 21.9. The van der Waals surface area contributed by atoms with Gasteiger partial charge in [0.25, 0.3) is 5.91 Å². The molecule has 2 N–H and O–H groups in total. The summed E-state index contributed by atoms with van der Waals surface area (Å²) in [6, 6.07) is 1.88. The predicted octanol–water partition coefficient (Wildman–Crippen LogP) is -0.139. The molecule has 0 unspecified atom stereocenters. The van der Waals surface area contributed by atoms with Gasteiger partial charge in [-0.1, -0.05) is 0 Å². The molecular weight excluding hydrogens is 232 g/mol. The van der Waals surface area contributed by atoms with Gasteiger partial charge in [0.05, 0.1) is 12.3 Å². The SMILES string of the molecule is Cc1nccc(CN2CCO[C@](C)(C(N)=O)C2)n1. The molecule has 6 nitrogen and oxygen atoms in total. The number of morpholine rings is 1. The lowest BCUT2D eigenvalue weighted by atomic mass is 10.0. The Labute approximate surface area is 106 Å². The molecule has 98 valence electrons. The molecule has 1 aromatic heterocycles. The van der Waals surface area contributed by atoms with Crippen LogP contribution in [0.15, 0.2) is 12.3 Å². The van der Waals surface area contributed by atoms with Crippen molar-refractivity contribution >= 4 is 5.91 Å². The first-order valence-corrected chi connectivity index (χ1v) is 5.94. The fourth-order valence-electron chi connectivity index (χ4n) is 2.06. The van der Waals surface area contributed by atoms with Gasteiger partial charge in [0.1, 0.15) is 5.82 Å². The standard InChI is InChI=1S/C12H18N4O2/c1-9-14-4-3-10(15-9)7-16-5-6-18-12(2,8-16)11(13)17/h3-4H,5-8H2,1-2H3,(H2,13,17)/t12-/m0/s1. The zero-order valence-electron chi connectivity index (χ0n) is 10.7. The molecule has 0 bridgehead atoms. The van der Waals surface area contributed by atoms with Crippen molar-refractivity contribution < 1.29 is 9.53 Å². The summed E-state index contributed by atoms with van der Waals surface area (Å²) >= 11 is 0. The molecule has 1 fully saturated rings. The Morgan fingerprint density at radius 1 is 1.67 bits per heavy atom. The fourth-order valence-corrected chi connectivity index (χ4v) is 2.06. The molecule has 1 saturated heterocycles. The Balaban J connectivity index is 2.04. The lowest BCUT2D eigenvalue weighted by Crippen LogP contribution is -2.56. The van der Waals surface area contributed by atoms with Crippen LogP contribution in [0, 0.1) is 6.92 Å². The normalized spacial score (nSPS) is 25.0. The van der Waals surface area contributed by atoms with Gasteiger partial charge >= 0.3 is 0 Å². The molecule has 0 aromatic carbocycles. The second-order valence-electron chi connectivity index (χ2n) is 4.75. The van der Waals surface area contributed by atoms with Gasteiger partial charge in [0.15, 0.2) is 5.60 Å². The number of carbonyl (C=O) groups is 1. The molecule has 0 spiro atoms. The molecule has 2 heterocycles. The molecule has 0 radical (unpaired) electrons. The fraction of sp³-hybridized carbons (Fsp3) is 0.583. The van der Waals surface area contributed by atoms with Crippen molar-refractivity contribution in [3.05, 3.63) is 23.8 Å². The maximum Gasteiger partial charge on any atom is 0.250 e. The largest absolute Gasteiger partial charge is 0.367 e. The van der Waals surface area contributed by atoms with Crippen molar-refractivity contribution in [3.63, 3.8) is 0 Å². The molecular formula is C12H18N4O2. The highest BCUT2D eigenvalue weighted by Gasteiger charge is 2.37. The third kappa shape index (κ3) is 2.83. The number of aryl methyl sites for hydroxylation is 1. The Hall–Kier alpha value is -1.53. The summed E-state index contributed by atoms with van der Waals surface area (Å²) in [7, 11) is 0. The number of ether oxygens (including phenoxy) is 1. The number of nitrogens with two attached hydrogens (primary N) is 1. The zero-order valence-corrected chi connectivity index (χ0v) is 10.7. The highest BCUT2D eigenvalue weighted by molar-refractivity contribution is 5.83. The molecule has 1 aliphatic heterocycles. The number of aromatic nitrogens is 2. The number of rotatable bonds is 3. The first kappa shape index (κ1) is 12.9. The summed E-state index contributed by atoms with van der Waals surface area (Å²) in [5, 5.41) is 0. The topological polar surface area (TPSA) is 81.3 Å². The third-order valence-electron chi connectivity index (χ3n) is 3.09. The van der Waals surface area contributed by atoms with Gasteiger partial charge in [-0.25, -0.2) is 9.97 Å². The smallest absolute Gasteiger partial charge is 0.250 e.